The fourth-order valence-corrected chi connectivity index (χ4v) is 3.72. The van der Waals surface area contributed by atoms with E-state index >= 15 is 0 Å². The molecule has 1 aromatic heterocycles. The first-order valence-corrected chi connectivity index (χ1v) is 9.91. The molecule has 31 heavy (non-hydrogen) atoms. The molecule has 5 heteroatoms. The number of Topliss-reactive ketones (excluding diaryl/α,β-unsaturated/α-hetero) is 1. The largest absolute Gasteiger partial charge is 0.452 e. The van der Waals surface area contributed by atoms with Gasteiger partial charge < -0.3 is 14.0 Å². The van der Waals surface area contributed by atoms with Gasteiger partial charge >= 0.3 is 5.97 Å². The molecular weight excluding hydrogens is 390 g/mol. The lowest BCUT2D eigenvalue weighted by molar-refractivity contribution is 0.0734. The molecule has 0 unspecified atom stereocenters. The molecule has 1 aliphatic rings. The highest BCUT2D eigenvalue weighted by molar-refractivity contribution is 6.15. The lowest BCUT2D eigenvalue weighted by Crippen LogP contribution is -2.08. The van der Waals surface area contributed by atoms with Crippen molar-refractivity contribution in [1.82, 2.24) is 4.57 Å². The number of ketones is 1. The number of nitrogens with zero attached hydrogens (tertiary/aromatic N) is 1. The summed E-state index contributed by atoms with van der Waals surface area (Å²) in [4.78, 5) is 25.2. The number of allylic oxidation sites excluding steroid dienone is 1. The maximum absolute atomic E-state index is 12.8. The van der Waals surface area contributed by atoms with Gasteiger partial charge in [0.05, 0.1) is 11.1 Å². The van der Waals surface area contributed by atoms with Gasteiger partial charge in [-0.05, 0) is 43.3 Å². The monoisotopic (exact) mass is 409 g/mol. The van der Waals surface area contributed by atoms with E-state index in [1.165, 1.54) is 0 Å². The maximum atomic E-state index is 12.8. The Morgan fingerprint density at radius 2 is 1.81 bits per heavy atom. The van der Waals surface area contributed by atoms with Gasteiger partial charge in [-0.25, -0.2) is 4.79 Å². The standard InChI is InChI=1S/C26H19NO4/c1-16-7-9-17(10-8-16)26(29)30-19-11-12-21-23(14-19)31-24(25(21)28)13-18-15-27(2)22-6-4-3-5-20(18)22/h3-15H,1-2H3. The van der Waals surface area contributed by atoms with Crippen LogP contribution in [0.4, 0.5) is 0 Å². The van der Waals surface area contributed by atoms with Gasteiger partial charge in [-0.15, -0.1) is 0 Å². The molecule has 4 aromatic rings. The van der Waals surface area contributed by atoms with E-state index in [4.69, 9.17) is 9.47 Å². The molecule has 5 rings (SSSR count). The van der Waals surface area contributed by atoms with Crippen molar-refractivity contribution in [2.75, 3.05) is 0 Å². The molecule has 152 valence electrons. The summed E-state index contributed by atoms with van der Waals surface area (Å²) >= 11 is 0. The molecule has 2 heterocycles. The van der Waals surface area contributed by atoms with Crippen LogP contribution in [0, 0.1) is 6.92 Å². The van der Waals surface area contributed by atoms with E-state index in [1.807, 2.05) is 61.1 Å². The Morgan fingerprint density at radius 1 is 1.03 bits per heavy atom. The van der Waals surface area contributed by atoms with Crippen molar-refractivity contribution in [1.29, 1.82) is 0 Å². The molecule has 5 nitrogen and oxygen atoms in total. The molecule has 3 aromatic carbocycles. The van der Waals surface area contributed by atoms with E-state index < -0.39 is 5.97 Å². The molecule has 1 aliphatic heterocycles. The lowest BCUT2D eigenvalue weighted by Gasteiger charge is -2.06. The zero-order valence-corrected chi connectivity index (χ0v) is 17.1. The second-order valence-electron chi connectivity index (χ2n) is 7.57. The molecule has 0 radical (unpaired) electrons. The number of hydrogen-bond acceptors (Lipinski definition) is 4. The van der Waals surface area contributed by atoms with Crippen LogP contribution in [-0.2, 0) is 7.05 Å². The quantitative estimate of drug-likeness (QED) is 0.261. The van der Waals surface area contributed by atoms with Crippen molar-refractivity contribution >= 4 is 28.7 Å². The minimum atomic E-state index is -0.462. The summed E-state index contributed by atoms with van der Waals surface area (Å²) in [7, 11) is 1.96. The fraction of sp³-hybridized carbons (Fsp3) is 0.0769. The van der Waals surface area contributed by atoms with Crippen LogP contribution in [0.15, 0.2) is 78.7 Å². The van der Waals surface area contributed by atoms with E-state index in [-0.39, 0.29) is 11.5 Å². The van der Waals surface area contributed by atoms with Gasteiger partial charge in [-0.2, -0.15) is 0 Å². The summed E-state index contributed by atoms with van der Waals surface area (Å²) in [6, 6.07) is 19.9. The van der Waals surface area contributed by atoms with Gasteiger partial charge in [-0.1, -0.05) is 35.9 Å². The van der Waals surface area contributed by atoms with Crippen molar-refractivity contribution in [3.63, 3.8) is 0 Å². The first kappa shape index (κ1) is 18.9. The number of carbonyl (C=O) groups excluding carboxylic acids is 2. The first-order chi connectivity index (χ1) is 15.0. The minimum absolute atomic E-state index is 0.195. The molecule has 0 amide bonds. The van der Waals surface area contributed by atoms with Crippen molar-refractivity contribution in [3.8, 4) is 11.5 Å². The molecule has 0 bridgehead atoms. The molecule has 0 aliphatic carbocycles. The van der Waals surface area contributed by atoms with Crippen molar-refractivity contribution in [3.05, 3.63) is 101 Å². The van der Waals surface area contributed by atoms with Crippen molar-refractivity contribution in [2.45, 2.75) is 6.92 Å². The second kappa shape index (κ2) is 7.29. The summed E-state index contributed by atoms with van der Waals surface area (Å²) in [5.74, 6) is 0.290. The predicted octanol–water partition coefficient (Wildman–Crippen LogP) is 5.32. The number of aryl methyl sites for hydroxylation is 2. The van der Waals surface area contributed by atoms with E-state index in [0.717, 1.165) is 22.0 Å². The van der Waals surface area contributed by atoms with E-state index in [1.54, 1.807) is 36.4 Å². The SMILES string of the molecule is Cc1ccc(C(=O)Oc2ccc3c(c2)OC(=Cc2cn(C)c4ccccc24)C3=O)cc1. The smallest absolute Gasteiger partial charge is 0.343 e. The highest BCUT2D eigenvalue weighted by Crippen LogP contribution is 2.36. The molecule has 0 saturated carbocycles. The molecule has 0 saturated heterocycles. The van der Waals surface area contributed by atoms with Crippen molar-refractivity contribution < 1.29 is 19.1 Å². The number of fused-ring (bicyclic) bond motifs is 2. The van der Waals surface area contributed by atoms with Gasteiger partial charge in [0.2, 0.25) is 5.78 Å². The van der Waals surface area contributed by atoms with Crippen LogP contribution in [-0.4, -0.2) is 16.3 Å². The van der Waals surface area contributed by atoms with Gasteiger partial charge in [0.15, 0.2) is 5.76 Å². The number of hydrogen-bond donors (Lipinski definition) is 0. The van der Waals surface area contributed by atoms with E-state index in [9.17, 15) is 9.59 Å². The number of esters is 1. The van der Waals surface area contributed by atoms with Gasteiger partial charge in [0, 0.05) is 35.8 Å². The van der Waals surface area contributed by atoms with E-state index in [2.05, 4.69) is 0 Å². The summed E-state index contributed by atoms with van der Waals surface area (Å²) in [6.07, 6.45) is 3.72. The summed E-state index contributed by atoms with van der Waals surface area (Å²) in [5, 5.41) is 1.04. The Morgan fingerprint density at radius 3 is 2.61 bits per heavy atom. The zero-order chi connectivity index (χ0) is 21.5. The van der Waals surface area contributed by atoms with Gasteiger partial charge in [0.1, 0.15) is 11.5 Å². The summed E-state index contributed by atoms with van der Waals surface area (Å²) < 4.78 is 13.3. The van der Waals surface area contributed by atoms with Crippen LogP contribution in [0.1, 0.15) is 31.8 Å². The average Bonchev–Trinajstić information content (AvgIpc) is 3.25. The molecule has 0 spiro atoms. The Hall–Kier alpha value is -4.12. The van der Waals surface area contributed by atoms with Crippen LogP contribution in [0.25, 0.3) is 17.0 Å². The number of benzene rings is 3. The lowest BCUT2D eigenvalue weighted by atomic mass is 10.1. The minimum Gasteiger partial charge on any atom is -0.452 e. The third-order valence-corrected chi connectivity index (χ3v) is 5.35. The number of rotatable bonds is 3. The third kappa shape index (κ3) is 3.40. The Bertz CT molecular complexity index is 1380. The fourth-order valence-electron chi connectivity index (χ4n) is 3.72. The van der Waals surface area contributed by atoms with Crippen LogP contribution in [0.2, 0.25) is 0 Å². The number of carbonyl (C=O) groups is 2. The normalized spacial score (nSPS) is 14.0. The third-order valence-electron chi connectivity index (χ3n) is 5.35. The van der Waals surface area contributed by atoms with Crippen LogP contribution >= 0.6 is 0 Å². The topological polar surface area (TPSA) is 57.5 Å². The van der Waals surface area contributed by atoms with E-state index in [0.29, 0.717) is 22.6 Å². The van der Waals surface area contributed by atoms with Crippen LogP contribution in [0.3, 0.4) is 0 Å². The van der Waals surface area contributed by atoms with Gasteiger partial charge in [0.25, 0.3) is 0 Å². The number of para-hydroxylation sites is 1. The Kier molecular flexibility index (Phi) is 4.44. The summed E-state index contributed by atoms with van der Waals surface area (Å²) in [5.41, 5.74) is 3.94. The van der Waals surface area contributed by atoms with Crippen LogP contribution in [0.5, 0.6) is 11.5 Å². The highest BCUT2D eigenvalue weighted by atomic mass is 16.5. The second-order valence-corrected chi connectivity index (χ2v) is 7.57. The Balaban J connectivity index is 1.41. The molecule has 0 atom stereocenters. The number of ether oxygens (including phenoxy) is 2. The maximum Gasteiger partial charge on any atom is 0.343 e. The van der Waals surface area contributed by atoms with Crippen LogP contribution < -0.4 is 9.47 Å². The summed E-state index contributed by atoms with van der Waals surface area (Å²) in [6.45, 7) is 1.95. The molecule has 0 N–H and O–H groups in total. The number of aromatic nitrogens is 1. The highest BCUT2D eigenvalue weighted by Gasteiger charge is 2.28. The first-order valence-electron chi connectivity index (χ1n) is 9.91. The van der Waals surface area contributed by atoms with Gasteiger partial charge in [-0.3, -0.25) is 4.79 Å². The average molecular weight is 409 g/mol. The van der Waals surface area contributed by atoms with Crippen molar-refractivity contribution in [2.24, 2.45) is 7.05 Å². The molecular formula is C26H19NO4. The zero-order valence-electron chi connectivity index (χ0n) is 17.1. The molecule has 0 fully saturated rings. The predicted molar refractivity (Wildman–Crippen MR) is 118 cm³/mol. The Labute approximate surface area is 179 Å².